The number of benzene rings is 1. The van der Waals surface area contributed by atoms with Gasteiger partial charge in [-0.2, -0.15) is 0 Å². The zero-order valence-corrected chi connectivity index (χ0v) is 14.0. The van der Waals surface area contributed by atoms with E-state index in [-0.39, 0.29) is 17.1 Å². The van der Waals surface area contributed by atoms with Crippen molar-refractivity contribution in [2.45, 2.75) is 46.5 Å². The van der Waals surface area contributed by atoms with Gasteiger partial charge in [0.1, 0.15) is 0 Å². The van der Waals surface area contributed by atoms with Gasteiger partial charge in [-0.1, -0.05) is 20.8 Å². The van der Waals surface area contributed by atoms with Crippen LogP contribution in [0.4, 0.5) is 5.69 Å². The van der Waals surface area contributed by atoms with Crippen molar-refractivity contribution in [3.8, 4) is 11.5 Å². The Balaban J connectivity index is 2.17. The molecule has 0 spiro atoms. The van der Waals surface area contributed by atoms with Crippen LogP contribution in [0.5, 0.6) is 11.5 Å². The van der Waals surface area contributed by atoms with Crippen LogP contribution in [0.3, 0.4) is 0 Å². The maximum atomic E-state index is 12.9. The summed E-state index contributed by atoms with van der Waals surface area (Å²) in [5, 5.41) is 12.8. The van der Waals surface area contributed by atoms with E-state index in [9.17, 15) is 9.90 Å². The fourth-order valence-corrected chi connectivity index (χ4v) is 3.37. The molecule has 0 saturated heterocycles. The van der Waals surface area contributed by atoms with E-state index in [0.717, 1.165) is 25.7 Å². The van der Waals surface area contributed by atoms with Crippen molar-refractivity contribution in [2.75, 3.05) is 12.4 Å². The van der Waals surface area contributed by atoms with Gasteiger partial charge >= 0.3 is 0 Å². The lowest BCUT2D eigenvalue weighted by Gasteiger charge is -2.41. The van der Waals surface area contributed by atoms with E-state index >= 15 is 0 Å². The average molecular weight is 305 g/mol. The summed E-state index contributed by atoms with van der Waals surface area (Å²) < 4.78 is 5.03. The molecule has 0 radical (unpaired) electrons. The van der Waals surface area contributed by atoms with Gasteiger partial charge in [-0.25, -0.2) is 0 Å². The van der Waals surface area contributed by atoms with Gasteiger partial charge in [0.15, 0.2) is 11.5 Å². The van der Waals surface area contributed by atoms with E-state index in [4.69, 9.17) is 4.74 Å². The predicted octanol–water partition coefficient (Wildman–Crippen LogP) is 4.19. The molecule has 0 aliphatic heterocycles. The molecule has 0 atom stereocenters. The zero-order valence-electron chi connectivity index (χ0n) is 14.0. The lowest BCUT2D eigenvalue weighted by molar-refractivity contribution is -0.130. The number of ether oxygens (including phenoxy) is 1. The number of hydrogen-bond donors (Lipinski definition) is 2. The normalized spacial score (nSPS) is 25.0. The third-order valence-electron chi connectivity index (χ3n) is 5.16. The van der Waals surface area contributed by atoms with Crippen LogP contribution in [0.2, 0.25) is 0 Å². The Labute approximate surface area is 132 Å². The number of nitrogens with one attached hydrogen (secondary N) is 1. The van der Waals surface area contributed by atoms with Gasteiger partial charge in [0, 0.05) is 11.8 Å². The summed E-state index contributed by atoms with van der Waals surface area (Å²) >= 11 is 0. The third-order valence-corrected chi connectivity index (χ3v) is 5.16. The van der Waals surface area contributed by atoms with Gasteiger partial charge in [-0.3, -0.25) is 4.79 Å². The van der Waals surface area contributed by atoms with E-state index in [1.807, 2.05) is 0 Å². The Hall–Kier alpha value is -1.71. The fraction of sp³-hybridized carbons (Fsp3) is 0.611. The van der Waals surface area contributed by atoms with Crippen LogP contribution in [-0.4, -0.2) is 18.1 Å². The summed E-state index contributed by atoms with van der Waals surface area (Å²) in [7, 11) is 1.50. The first kappa shape index (κ1) is 16.7. The second-order valence-corrected chi connectivity index (χ2v) is 6.83. The summed E-state index contributed by atoms with van der Waals surface area (Å²) in [6, 6.07) is 4.96. The largest absolute Gasteiger partial charge is 0.504 e. The minimum Gasteiger partial charge on any atom is -0.504 e. The van der Waals surface area contributed by atoms with Crippen molar-refractivity contribution in [3.05, 3.63) is 18.2 Å². The van der Waals surface area contributed by atoms with E-state index in [1.54, 1.807) is 12.1 Å². The molecule has 4 nitrogen and oxygen atoms in total. The second-order valence-electron chi connectivity index (χ2n) is 6.83. The van der Waals surface area contributed by atoms with Crippen LogP contribution >= 0.6 is 0 Å². The van der Waals surface area contributed by atoms with E-state index in [1.165, 1.54) is 13.2 Å². The predicted molar refractivity (Wildman–Crippen MR) is 88.2 cm³/mol. The van der Waals surface area contributed by atoms with Gasteiger partial charge in [-0.15, -0.1) is 0 Å². The number of carbonyl (C=O) groups excluding carboxylic acids is 1. The molecule has 1 aromatic carbocycles. The first-order chi connectivity index (χ1) is 10.4. The number of amides is 1. The summed E-state index contributed by atoms with van der Waals surface area (Å²) in [5.74, 6) is 1.51. The Morgan fingerprint density at radius 2 is 2.00 bits per heavy atom. The molecular formula is C18H27NO3. The highest BCUT2D eigenvalue weighted by molar-refractivity contribution is 5.95. The lowest BCUT2D eigenvalue weighted by atomic mass is 9.64. The summed E-state index contributed by atoms with van der Waals surface area (Å²) in [6.07, 6.45) is 4.05. The number of anilines is 1. The van der Waals surface area contributed by atoms with Crippen LogP contribution in [0.15, 0.2) is 18.2 Å². The molecule has 0 aromatic heterocycles. The van der Waals surface area contributed by atoms with Crippen molar-refractivity contribution < 1.29 is 14.6 Å². The number of phenolic OH excluding ortho intramolecular Hbond substituents is 1. The molecule has 1 fully saturated rings. The highest BCUT2D eigenvalue weighted by atomic mass is 16.5. The van der Waals surface area contributed by atoms with Crippen molar-refractivity contribution in [3.63, 3.8) is 0 Å². The highest BCUT2D eigenvalue weighted by Gasteiger charge is 2.43. The maximum absolute atomic E-state index is 12.9. The fourth-order valence-electron chi connectivity index (χ4n) is 3.37. The molecule has 0 heterocycles. The summed E-state index contributed by atoms with van der Waals surface area (Å²) in [6.45, 7) is 6.51. The van der Waals surface area contributed by atoms with Gasteiger partial charge in [0.05, 0.1) is 12.5 Å². The first-order valence-corrected chi connectivity index (χ1v) is 8.07. The van der Waals surface area contributed by atoms with Crippen molar-refractivity contribution in [2.24, 2.45) is 17.3 Å². The van der Waals surface area contributed by atoms with Crippen molar-refractivity contribution in [1.82, 2.24) is 0 Å². The molecule has 1 aliphatic carbocycles. The number of phenols is 1. The van der Waals surface area contributed by atoms with Crippen LogP contribution in [0, 0.1) is 17.3 Å². The zero-order chi connectivity index (χ0) is 16.3. The SMILES string of the molecule is COc1ccc(NC(=O)C2(C(C)C)CCC(C)CC2)cc1O. The molecule has 1 amide bonds. The minimum absolute atomic E-state index is 0.0381. The molecule has 1 saturated carbocycles. The Morgan fingerprint density at radius 1 is 1.36 bits per heavy atom. The molecule has 0 bridgehead atoms. The third kappa shape index (κ3) is 3.21. The van der Waals surface area contributed by atoms with Crippen LogP contribution in [0.1, 0.15) is 46.5 Å². The number of carbonyl (C=O) groups is 1. The summed E-state index contributed by atoms with van der Waals surface area (Å²) in [4.78, 5) is 12.9. The van der Waals surface area contributed by atoms with Crippen LogP contribution < -0.4 is 10.1 Å². The second kappa shape index (κ2) is 6.59. The molecule has 2 rings (SSSR count). The standard InChI is InChI=1S/C18H27NO3/c1-12(2)18(9-7-13(3)8-10-18)17(21)19-14-5-6-16(22-4)15(20)11-14/h5-6,11-13,20H,7-10H2,1-4H3,(H,19,21). The minimum atomic E-state index is -0.304. The summed E-state index contributed by atoms with van der Waals surface area (Å²) in [5.41, 5.74) is 0.309. The molecule has 4 heteroatoms. The molecular weight excluding hydrogens is 278 g/mol. The molecule has 1 aromatic rings. The van der Waals surface area contributed by atoms with Crippen LogP contribution in [0.25, 0.3) is 0 Å². The molecule has 1 aliphatic rings. The quantitative estimate of drug-likeness (QED) is 0.877. The highest BCUT2D eigenvalue weighted by Crippen LogP contribution is 2.45. The Kier molecular flexibility index (Phi) is 4.99. The number of methoxy groups -OCH3 is 1. The molecule has 122 valence electrons. The Morgan fingerprint density at radius 3 is 2.50 bits per heavy atom. The van der Waals surface area contributed by atoms with Crippen LogP contribution in [-0.2, 0) is 4.79 Å². The number of hydrogen-bond acceptors (Lipinski definition) is 3. The smallest absolute Gasteiger partial charge is 0.230 e. The van der Waals surface area contributed by atoms with E-state index in [2.05, 4.69) is 26.1 Å². The van der Waals surface area contributed by atoms with E-state index < -0.39 is 0 Å². The molecule has 22 heavy (non-hydrogen) atoms. The van der Waals surface area contributed by atoms with Crippen molar-refractivity contribution >= 4 is 11.6 Å². The van der Waals surface area contributed by atoms with Gasteiger partial charge in [-0.05, 0) is 49.7 Å². The average Bonchev–Trinajstić information content (AvgIpc) is 2.48. The number of aromatic hydroxyl groups is 1. The maximum Gasteiger partial charge on any atom is 0.230 e. The Bertz CT molecular complexity index is 531. The monoisotopic (exact) mass is 305 g/mol. The first-order valence-electron chi connectivity index (χ1n) is 8.07. The molecule has 2 N–H and O–H groups in total. The van der Waals surface area contributed by atoms with Gasteiger partial charge < -0.3 is 15.2 Å². The van der Waals surface area contributed by atoms with Gasteiger partial charge in [0.2, 0.25) is 5.91 Å². The lowest BCUT2D eigenvalue weighted by Crippen LogP contribution is -2.43. The number of rotatable bonds is 4. The van der Waals surface area contributed by atoms with E-state index in [0.29, 0.717) is 23.3 Å². The molecule has 0 unspecified atom stereocenters. The topological polar surface area (TPSA) is 58.6 Å². The van der Waals surface area contributed by atoms with Crippen molar-refractivity contribution in [1.29, 1.82) is 0 Å². The van der Waals surface area contributed by atoms with Gasteiger partial charge in [0.25, 0.3) is 0 Å².